The third-order valence-electron chi connectivity index (χ3n) is 2.45. The van der Waals surface area contributed by atoms with E-state index in [2.05, 4.69) is 28.1 Å². The highest BCUT2D eigenvalue weighted by molar-refractivity contribution is 9.10. The molecule has 0 aliphatic rings. The molecule has 0 atom stereocenters. The van der Waals surface area contributed by atoms with Gasteiger partial charge in [0.15, 0.2) is 0 Å². The molecule has 0 radical (unpaired) electrons. The van der Waals surface area contributed by atoms with Crippen molar-refractivity contribution in [3.63, 3.8) is 0 Å². The molecule has 1 heterocycles. The third-order valence-corrected chi connectivity index (χ3v) is 4.31. The van der Waals surface area contributed by atoms with Gasteiger partial charge >= 0.3 is 0 Å². The van der Waals surface area contributed by atoms with Gasteiger partial charge in [-0.3, -0.25) is 0 Å². The minimum absolute atomic E-state index is 0.356. The van der Waals surface area contributed by atoms with Crippen LogP contribution < -0.4 is 0 Å². The van der Waals surface area contributed by atoms with Gasteiger partial charge in [0, 0.05) is 19.9 Å². The lowest BCUT2D eigenvalue weighted by Crippen LogP contribution is -1.70. The Kier molecular flexibility index (Phi) is 1.97. The molecular weight excluding hydrogens is 272 g/mol. The number of phenolic OH excluding ortho intramolecular Hbond substituents is 1. The van der Waals surface area contributed by atoms with Gasteiger partial charge in [-0.1, -0.05) is 34.1 Å². The van der Waals surface area contributed by atoms with E-state index in [0.29, 0.717) is 5.75 Å². The highest BCUT2D eigenvalue weighted by Gasteiger charge is 2.10. The van der Waals surface area contributed by atoms with E-state index in [1.165, 1.54) is 10.1 Å². The monoisotopic (exact) mass is 278 g/mol. The van der Waals surface area contributed by atoms with E-state index in [9.17, 15) is 5.11 Å². The molecule has 0 fully saturated rings. The van der Waals surface area contributed by atoms with Gasteiger partial charge in [-0.15, -0.1) is 11.3 Å². The molecule has 0 aliphatic carbocycles. The number of hydrogen-bond donors (Lipinski definition) is 1. The standard InChI is InChI=1S/C12H7BrOS/c13-8-5-6-9(14)12-11(8)7-3-1-2-4-10(7)15-12/h1-6,14H. The Labute approximate surface area is 99.1 Å². The Morgan fingerprint density at radius 2 is 1.87 bits per heavy atom. The molecule has 1 N–H and O–H groups in total. The van der Waals surface area contributed by atoms with Gasteiger partial charge in [0.1, 0.15) is 5.75 Å². The summed E-state index contributed by atoms with van der Waals surface area (Å²) >= 11 is 5.15. The molecule has 1 nitrogen and oxygen atoms in total. The molecule has 3 rings (SSSR count). The van der Waals surface area contributed by atoms with Crippen LogP contribution in [-0.4, -0.2) is 5.11 Å². The van der Waals surface area contributed by atoms with Gasteiger partial charge in [-0.25, -0.2) is 0 Å². The minimum Gasteiger partial charge on any atom is -0.506 e. The summed E-state index contributed by atoms with van der Waals surface area (Å²) in [5, 5.41) is 12.1. The van der Waals surface area contributed by atoms with Crippen LogP contribution in [0.2, 0.25) is 0 Å². The van der Waals surface area contributed by atoms with Crippen molar-refractivity contribution < 1.29 is 5.11 Å². The van der Waals surface area contributed by atoms with Crippen molar-refractivity contribution in [3.8, 4) is 5.75 Å². The van der Waals surface area contributed by atoms with E-state index >= 15 is 0 Å². The van der Waals surface area contributed by atoms with Gasteiger partial charge in [0.05, 0.1) is 4.70 Å². The van der Waals surface area contributed by atoms with E-state index in [1.807, 2.05) is 18.2 Å². The van der Waals surface area contributed by atoms with Crippen LogP contribution in [0, 0.1) is 0 Å². The molecule has 3 aromatic rings. The maximum absolute atomic E-state index is 9.79. The predicted octanol–water partition coefficient (Wildman–Crippen LogP) is 4.52. The number of rotatable bonds is 0. The highest BCUT2D eigenvalue weighted by atomic mass is 79.9. The van der Waals surface area contributed by atoms with E-state index in [1.54, 1.807) is 17.4 Å². The Morgan fingerprint density at radius 1 is 1.07 bits per heavy atom. The highest BCUT2D eigenvalue weighted by Crippen LogP contribution is 2.42. The van der Waals surface area contributed by atoms with Gasteiger partial charge in [-0.2, -0.15) is 0 Å². The first-order valence-electron chi connectivity index (χ1n) is 4.56. The first kappa shape index (κ1) is 9.19. The Bertz CT molecular complexity index is 657. The summed E-state index contributed by atoms with van der Waals surface area (Å²) in [6, 6.07) is 11.8. The smallest absolute Gasteiger partial charge is 0.133 e. The Morgan fingerprint density at radius 3 is 2.73 bits per heavy atom. The van der Waals surface area contributed by atoms with Crippen molar-refractivity contribution in [2.75, 3.05) is 0 Å². The molecule has 0 unspecified atom stereocenters. The molecule has 0 saturated carbocycles. The maximum atomic E-state index is 9.79. The van der Waals surface area contributed by atoms with Crippen molar-refractivity contribution in [3.05, 3.63) is 40.9 Å². The van der Waals surface area contributed by atoms with Gasteiger partial charge in [0.25, 0.3) is 0 Å². The summed E-state index contributed by atoms with van der Waals surface area (Å²) in [7, 11) is 0. The second kappa shape index (κ2) is 3.22. The fourth-order valence-corrected chi connectivity index (χ4v) is 3.59. The van der Waals surface area contributed by atoms with Crippen LogP contribution in [0.25, 0.3) is 20.2 Å². The molecule has 0 bridgehead atoms. The Hall–Kier alpha value is -1.06. The quantitative estimate of drug-likeness (QED) is 0.641. The van der Waals surface area contributed by atoms with Crippen LogP contribution in [0.3, 0.4) is 0 Å². The largest absolute Gasteiger partial charge is 0.506 e. The summed E-state index contributed by atoms with van der Waals surface area (Å²) in [6.45, 7) is 0. The van der Waals surface area contributed by atoms with Crippen LogP contribution in [-0.2, 0) is 0 Å². The van der Waals surface area contributed by atoms with Gasteiger partial charge in [0.2, 0.25) is 0 Å². The third kappa shape index (κ3) is 1.27. The number of aromatic hydroxyl groups is 1. The van der Waals surface area contributed by atoms with Crippen molar-refractivity contribution >= 4 is 47.4 Å². The lowest BCUT2D eigenvalue weighted by atomic mass is 10.1. The average Bonchev–Trinajstić information content (AvgIpc) is 2.64. The van der Waals surface area contributed by atoms with Gasteiger partial charge < -0.3 is 5.11 Å². The normalized spacial score (nSPS) is 11.3. The first-order chi connectivity index (χ1) is 7.27. The van der Waals surface area contributed by atoms with Crippen LogP contribution in [0.5, 0.6) is 5.75 Å². The van der Waals surface area contributed by atoms with Crippen molar-refractivity contribution in [1.29, 1.82) is 0 Å². The number of benzene rings is 2. The topological polar surface area (TPSA) is 20.2 Å². The molecule has 0 aliphatic heterocycles. The molecule has 0 amide bonds. The van der Waals surface area contributed by atoms with Crippen molar-refractivity contribution in [2.24, 2.45) is 0 Å². The summed E-state index contributed by atoms with van der Waals surface area (Å²) in [4.78, 5) is 0. The maximum Gasteiger partial charge on any atom is 0.133 e. The van der Waals surface area contributed by atoms with E-state index in [4.69, 9.17) is 0 Å². The van der Waals surface area contributed by atoms with E-state index in [0.717, 1.165) is 14.6 Å². The second-order valence-corrected chi connectivity index (χ2v) is 5.28. The van der Waals surface area contributed by atoms with Crippen LogP contribution in [0.4, 0.5) is 0 Å². The lowest BCUT2D eigenvalue weighted by Gasteiger charge is -1.97. The van der Waals surface area contributed by atoms with Gasteiger partial charge in [-0.05, 0) is 18.2 Å². The fraction of sp³-hybridized carbons (Fsp3) is 0. The molecule has 2 aromatic carbocycles. The molecule has 0 spiro atoms. The SMILES string of the molecule is Oc1ccc(Br)c2c1sc1ccccc12. The fourth-order valence-electron chi connectivity index (χ4n) is 1.77. The minimum atomic E-state index is 0.356. The molecule has 74 valence electrons. The molecular formula is C12H7BrOS. The first-order valence-corrected chi connectivity index (χ1v) is 6.17. The van der Waals surface area contributed by atoms with Crippen molar-refractivity contribution in [2.45, 2.75) is 0 Å². The summed E-state index contributed by atoms with van der Waals surface area (Å²) in [6.07, 6.45) is 0. The molecule has 1 aromatic heterocycles. The number of halogens is 1. The lowest BCUT2D eigenvalue weighted by molar-refractivity contribution is 0.482. The Balaban J connectivity index is 2.66. The number of thiophene rings is 1. The van der Waals surface area contributed by atoms with Crippen LogP contribution in [0.1, 0.15) is 0 Å². The average molecular weight is 279 g/mol. The van der Waals surface area contributed by atoms with E-state index < -0.39 is 0 Å². The number of hydrogen-bond acceptors (Lipinski definition) is 2. The predicted molar refractivity (Wildman–Crippen MR) is 68.7 cm³/mol. The van der Waals surface area contributed by atoms with E-state index in [-0.39, 0.29) is 0 Å². The summed E-state index contributed by atoms with van der Waals surface area (Å²) in [5.74, 6) is 0.356. The summed E-state index contributed by atoms with van der Waals surface area (Å²) in [5.41, 5.74) is 0. The number of fused-ring (bicyclic) bond motifs is 3. The molecule has 15 heavy (non-hydrogen) atoms. The number of phenols is 1. The second-order valence-electron chi connectivity index (χ2n) is 3.37. The summed E-state index contributed by atoms with van der Waals surface area (Å²) < 4.78 is 3.19. The van der Waals surface area contributed by atoms with Crippen LogP contribution >= 0.6 is 27.3 Å². The molecule has 0 saturated heterocycles. The van der Waals surface area contributed by atoms with Crippen molar-refractivity contribution in [1.82, 2.24) is 0 Å². The van der Waals surface area contributed by atoms with Crippen LogP contribution in [0.15, 0.2) is 40.9 Å². The zero-order chi connectivity index (χ0) is 10.4. The zero-order valence-corrected chi connectivity index (χ0v) is 10.1. The molecule has 3 heteroatoms. The zero-order valence-electron chi connectivity index (χ0n) is 7.70.